The monoisotopic (exact) mass is 252 g/mol. The predicted molar refractivity (Wildman–Crippen MR) is 67.1 cm³/mol. The molecule has 5 heteroatoms. The maximum Gasteiger partial charge on any atom is 0.319 e. The Bertz CT molecular complexity index is 417. The fourth-order valence-corrected chi connectivity index (χ4v) is 2.10. The fraction of sp³-hybridized carbons (Fsp3) is 0.462. The van der Waals surface area contributed by atoms with E-state index in [-0.39, 0.29) is 11.8 Å². The van der Waals surface area contributed by atoms with E-state index in [9.17, 15) is 9.18 Å². The molecule has 98 valence electrons. The fourth-order valence-electron chi connectivity index (χ4n) is 2.10. The molecule has 0 atom stereocenters. The Hall–Kier alpha value is -1.62. The number of rotatable bonds is 3. The van der Waals surface area contributed by atoms with Crippen molar-refractivity contribution < 1.29 is 13.9 Å². The minimum atomic E-state index is -0.227. The van der Waals surface area contributed by atoms with Gasteiger partial charge in [0.15, 0.2) is 0 Å². The van der Waals surface area contributed by atoms with E-state index in [4.69, 9.17) is 0 Å². The van der Waals surface area contributed by atoms with Crippen LogP contribution in [0.15, 0.2) is 24.3 Å². The van der Waals surface area contributed by atoms with Crippen molar-refractivity contribution in [3.63, 3.8) is 0 Å². The third-order valence-electron chi connectivity index (χ3n) is 3.15. The molecular formula is C13H17FN2O2. The molecule has 0 amide bonds. The number of ether oxygens (including phenoxy) is 1. The van der Waals surface area contributed by atoms with Gasteiger partial charge in [0.25, 0.3) is 0 Å². The number of anilines is 1. The van der Waals surface area contributed by atoms with Crippen LogP contribution in [0.4, 0.5) is 10.1 Å². The summed E-state index contributed by atoms with van der Waals surface area (Å²) in [5, 5.41) is 0. The molecule has 1 fully saturated rings. The molecule has 0 aliphatic carbocycles. The number of carbonyl (C=O) groups is 1. The molecule has 1 aliphatic rings. The molecule has 0 unspecified atom stereocenters. The third-order valence-corrected chi connectivity index (χ3v) is 3.15. The van der Waals surface area contributed by atoms with E-state index in [0.717, 1.165) is 26.2 Å². The Kier molecular flexibility index (Phi) is 4.15. The van der Waals surface area contributed by atoms with Crippen LogP contribution in [0.3, 0.4) is 0 Å². The molecule has 2 rings (SSSR count). The molecule has 0 N–H and O–H groups in total. The second-order valence-electron chi connectivity index (χ2n) is 4.29. The average Bonchev–Trinajstić information content (AvgIpc) is 2.40. The van der Waals surface area contributed by atoms with Gasteiger partial charge in [-0.25, -0.2) is 4.39 Å². The predicted octanol–water partition coefficient (Wildman–Crippen LogP) is 1.12. The van der Waals surface area contributed by atoms with Crippen LogP contribution in [0.5, 0.6) is 0 Å². The first kappa shape index (κ1) is 12.8. The lowest BCUT2D eigenvalue weighted by Crippen LogP contribution is -2.48. The number of methoxy groups -OCH3 is 1. The lowest BCUT2D eigenvalue weighted by Gasteiger charge is -2.35. The van der Waals surface area contributed by atoms with Crippen LogP contribution in [0, 0.1) is 5.82 Å². The van der Waals surface area contributed by atoms with E-state index in [0.29, 0.717) is 12.2 Å². The summed E-state index contributed by atoms with van der Waals surface area (Å²) in [5.41, 5.74) is 0.634. The number of piperazine rings is 1. The average molecular weight is 252 g/mol. The zero-order valence-corrected chi connectivity index (χ0v) is 10.4. The second kappa shape index (κ2) is 5.82. The van der Waals surface area contributed by atoms with Gasteiger partial charge < -0.3 is 9.64 Å². The Labute approximate surface area is 106 Å². The van der Waals surface area contributed by atoms with Gasteiger partial charge in [-0.1, -0.05) is 12.1 Å². The van der Waals surface area contributed by atoms with E-state index in [1.807, 2.05) is 15.9 Å². The number of benzene rings is 1. The zero-order chi connectivity index (χ0) is 13.0. The normalized spacial score (nSPS) is 16.7. The van der Waals surface area contributed by atoms with Gasteiger partial charge in [-0.2, -0.15) is 0 Å². The maximum absolute atomic E-state index is 13.6. The van der Waals surface area contributed by atoms with Crippen LogP contribution in [0.1, 0.15) is 0 Å². The molecule has 0 bridgehead atoms. The molecule has 1 aliphatic heterocycles. The molecule has 4 nitrogen and oxygen atoms in total. The lowest BCUT2D eigenvalue weighted by atomic mass is 10.2. The van der Waals surface area contributed by atoms with Gasteiger partial charge in [-0.3, -0.25) is 9.69 Å². The molecule has 0 saturated carbocycles. The van der Waals surface area contributed by atoms with Crippen molar-refractivity contribution in [1.82, 2.24) is 4.90 Å². The summed E-state index contributed by atoms with van der Waals surface area (Å²) >= 11 is 0. The Balaban J connectivity index is 1.91. The van der Waals surface area contributed by atoms with Gasteiger partial charge >= 0.3 is 5.97 Å². The van der Waals surface area contributed by atoms with Crippen molar-refractivity contribution in [2.75, 3.05) is 44.7 Å². The number of halogens is 1. The largest absolute Gasteiger partial charge is 0.468 e. The van der Waals surface area contributed by atoms with Crippen molar-refractivity contribution >= 4 is 11.7 Å². The maximum atomic E-state index is 13.6. The van der Waals surface area contributed by atoms with Crippen LogP contribution in [0.2, 0.25) is 0 Å². The van der Waals surface area contributed by atoms with Gasteiger partial charge in [0, 0.05) is 26.2 Å². The van der Waals surface area contributed by atoms with Crippen molar-refractivity contribution in [3.8, 4) is 0 Å². The number of carbonyl (C=O) groups excluding carboxylic acids is 1. The smallest absolute Gasteiger partial charge is 0.319 e. The summed E-state index contributed by atoms with van der Waals surface area (Å²) in [6.45, 7) is 3.23. The SMILES string of the molecule is COC(=O)CN1CCN(c2ccccc2F)CC1. The molecule has 1 saturated heterocycles. The topological polar surface area (TPSA) is 32.8 Å². The van der Waals surface area contributed by atoms with Gasteiger partial charge in [0.2, 0.25) is 0 Å². The van der Waals surface area contributed by atoms with Crippen molar-refractivity contribution in [2.45, 2.75) is 0 Å². The highest BCUT2D eigenvalue weighted by Crippen LogP contribution is 2.19. The van der Waals surface area contributed by atoms with Crippen LogP contribution < -0.4 is 4.90 Å². The molecule has 1 aromatic carbocycles. The zero-order valence-electron chi connectivity index (χ0n) is 10.4. The number of para-hydroxylation sites is 1. The summed E-state index contributed by atoms with van der Waals surface area (Å²) in [6.07, 6.45) is 0. The molecule has 0 spiro atoms. The van der Waals surface area contributed by atoms with Crippen molar-refractivity contribution in [3.05, 3.63) is 30.1 Å². The van der Waals surface area contributed by atoms with E-state index >= 15 is 0 Å². The molecule has 1 heterocycles. The third kappa shape index (κ3) is 2.98. The minimum absolute atomic E-state index is 0.195. The highest BCUT2D eigenvalue weighted by atomic mass is 19.1. The molecule has 0 aromatic heterocycles. The number of esters is 1. The standard InChI is InChI=1S/C13H17FN2O2/c1-18-13(17)10-15-6-8-16(9-7-15)12-5-3-2-4-11(12)14/h2-5H,6-10H2,1H3. The van der Waals surface area contributed by atoms with Gasteiger partial charge in [-0.15, -0.1) is 0 Å². The lowest BCUT2D eigenvalue weighted by molar-refractivity contribution is -0.142. The van der Waals surface area contributed by atoms with Crippen LogP contribution in [-0.2, 0) is 9.53 Å². The van der Waals surface area contributed by atoms with E-state index in [2.05, 4.69) is 4.74 Å². The van der Waals surface area contributed by atoms with Crippen LogP contribution in [0.25, 0.3) is 0 Å². The second-order valence-corrected chi connectivity index (χ2v) is 4.29. The van der Waals surface area contributed by atoms with Gasteiger partial charge in [0.1, 0.15) is 5.82 Å². The van der Waals surface area contributed by atoms with Crippen LogP contribution in [-0.4, -0.2) is 50.7 Å². The summed E-state index contributed by atoms with van der Waals surface area (Å²) in [7, 11) is 1.39. The molecule has 18 heavy (non-hydrogen) atoms. The highest BCUT2D eigenvalue weighted by molar-refractivity contribution is 5.71. The summed E-state index contributed by atoms with van der Waals surface area (Å²) in [6, 6.07) is 6.77. The van der Waals surface area contributed by atoms with E-state index < -0.39 is 0 Å². The van der Waals surface area contributed by atoms with Crippen molar-refractivity contribution in [1.29, 1.82) is 0 Å². The minimum Gasteiger partial charge on any atom is -0.468 e. The first-order valence-corrected chi connectivity index (χ1v) is 5.99. The van der Waals surface area contributed by atoms with Crippen LogP contribution >= 0.6 is 0 Å². The summed E-state index contributed by atoms with van der Waals surface area (Å²) in [4.78, 5) is 15.2. The van der Waals surface area contributed by atoms with E-state index in [1.54, 1.807) is 12.1 Å². The molecule has 1 aromatic rings. The van der Waals surface area contributed by atoms with Gasteiger partial charge in [-0.05, 0) is 12.1 Å². The number of nitrogens with zero attached hydrogens (tertiary/aromatic N) is 2. The van der Waals surface area contributed by atoms with E-state index in [1.165, 1.54) is 13.2 Å². The quantitative estimate of drug-likeness (QED) is 0.755. The first-order chi connectivity index (χ1) is 8.70. The molecular weight excluding hydrogens is 235 g/mol. The summed E-state index contributed by atoms with van der Waals surface area (Å²) in [5.74, 6) is -0.423. The molecule has 0 radical (unpaired) electrons. The van der Waals surface area contributed by atoms with Crippen molar-refractivity contribution in [2.24, 2.45) is 0 Å². The highest BCUT2D eigenvalue weighted by Gasteiger charge is 2.20. The summed E-state index contributed by atoms with van der Waals surface area (Å²) < 4.78 is 18.2. The Morgan fingerprint density at radius 1 is 1.28 bits per heavy atom. The number of hydrogen-bond donors (Lipinski definition) is 0. The van der Waals surface area contributed by atoms with Gasteiger partial charge in [0.05, 0.1) is 19.3 Å². The Morgan fingerprint density at radius 2 is 1.94 bits per heavy atom. The number of hydrogen-bond acceptors (Lipinski definition) is 4. The first-order valence-electron chi connectivity index (χ1n) is 5.99. The Morgan fingerprint density at radius 3 is 2.56 bits per heavy atom.